The highest BCUT2D eigenvalue weighted by atomic mass is 33.2. The molecule has 0 aliphatic carbocycles. The van der Waals surface area contributed by atoms with Gasteiger partial charge < -0.3 is 10.1 Å². The summed E-state index contributed by atoms with van der Waals surface area (Å²) in [6.07, 6.45) is 0. The van der Waals surface area contributed by atoms with Crippen molar-refractivity contribution in [3.05, 3.63) is 84.4 Å². The lowest BCUT2D eigenvalue weighted by molar-refractivity contribution is 0.0530. The predicted octanol–water partition coefficient (Wildman–Crippen LogP) is 4.98. The van der Waals surface area contributed by atoms with E-state index in [-0.39, 0.29) is 22.8 Å². The molecule has 1 heterocycles. The van der Waals surface area contributed by atoms with Crippen molar-refractivity contribution < 1.29 is 26.4 Å². The summed E-state index contributed by atoms with van der Waals surface area (Å²) in [5.41, 5.74) is 0.296. The average Bonchev–Trinajstić information content (AvgIpc) is 3.18. The lowest BCUT2D eigenvalue weighted by Gasteiger charge is -2.13. The zero-order chi connectivity index (χ0) is 23.6. The molecule has 4 aromatic rings. The third kappa shape index (κ3) is 4.12. The Balaban J connectivity index is 1.84. The van der Waals surface area contributed by atoms with E-state index in [9.17, 15) is 21.6 Å². The number of fused-ring (bicyclic) bond motifs is 1. The molecule has 0 bridgehead atoms. The van der Waals surface area contributed by atoms with E-state index in [4.69, 9.17) is 4.74 Å². The standard InChI is InChI=1S/C23H19NO6S3/c1-2-30-23(25)21-17-12-6-8-14-19(17)31-22(21)24-18-13-7-9-15-20(18)33(28,29)32(26,27)16-10-4-3-5-11-16/h3-15,24H,2H2,1H3. The van der Waals surface area contributed by atoms with E-state index >= 15 is 0 Å². The van der Waals surface area contributed by atoms with Crippen molar-refractivity contribution in [1.82, 2.24) is 0 Å². The van der Waals surface area contributed by atoms with Crippen LogP contribution in [0.3, 0.4) is 0 Å². The summed E-state index contributed by atoms with van der Waals surface area (Å²) in [5.74, 6) is -0.560. The Morgan fingerprint density at radius 3 is 2.21 bits per heavy atom. The van der Waals surface area contributed by atoms with Crippen LogP contribution in [0.1, 0.15) is 17.3 Å². The molecule has 10 heteroatoms. The van der Waals surface area contributed by atoms with Gasteiger partial charge in [0, 0.05) is 10.1 Å². The fraction of sp³-hybridized carbons (Fsp3) is 0.0870. The Morgan fingerprint density at radius 1 is 0.848 bits per heavy atom. The minimum Gasteiger partial charge on any atom is -0.462 e. The molecule has 1 N–H and O–H groups in total. The first-order valence-electron chi connectivity index (χ1n) is 9.87. The van der Waals surface area contributed by atoms with Crippen LogP contribution in [0.25, 0.3) is 10.1 Å². The maximum atomic E-state index is 13.2. The molecule has 0 atom stereocenters. The first-order chi connectivity index (χ1) is 15.8. The Kier molecular flexibility index (Phi) is 6.24. The third-order valence-corrected chi connectivity index (χ3v) is 11.1. The Morgan fingerprint density at radius 2 is 1.48 bits per heavy atom. The number of ether oxygens (including phenoxy) is 1. The van der Waals surface area contributed by atoms with Gasteiger partial charge in [-0.05, 0) is 37.3 Å². The molecule has 0 amide bonds. The second-order valence-corrected chi connectivity index (χ2v) is 13.3. The Bertz CT molecular complexity index is 1540. The lowest BCUT2D eigenvalue weighted by atomic mass is 10.1. The van der Waals surface area contributed by atoms with E-state index in [1.54, 1.807) is 31.2 Å². The molecule has 0 spiro atoms. The zero-order valence-corrected chi connectivity index (χ0v) is 19.8. The third-order valence-electron chi connectivity index (χ3n) is 4.80. The highest BCUT2D eigenvalue weighted by Crippen LogP contribution is 2.40. The van der Waals surface area contributed by atoms with Gasteiger partial charge >= 0.3 is 5.97 Å². The van der Waals surface area contributed by atoms with Crippen LogP contribution in [0.2, 0.25) is 0 Å². The highest BCUT2D eigenvalue weighted by molar-refractivity contribution is 8.67. The molecule has 0 radical (unpaired) electrons. The predicted molar refractivity (Wildman–Crippen MR) is 128 cm³/mol. The maximum absolute atomic E-state index is 13.2. The summed E-state index contributed by atoms with van der Waals surface area (Å²) in [5, 5.41) is 3.98. The van der Waals surface area contributed by atoms with Gasteiger partial charge in [0.2, 0.25) is 0 Å². The second kappa shape index (κ2) is 8.97. The van der Waals surface area contributed by atoms with Crippen molar-refractivity contribution in [2.45, 2.75) is 16.7 Å². The van der Waals surface area contributed by atoms with E-state index in [0.717, 1.165) is 4.70 Å². The highest BCUT2D eigenvalue weighted by Gasteiger charge is 2.36. The van der Waals surface area contributed by atoms with Crippen LogP contribution in [-0.2, 0) is 22.5 Å². The van der Waals surface area contributed by atoms with Crippen LogP contribution in [0.4, 0.5) is 10.7 Å². The molecular weight excluding hydrogens is 482 g/mol. The van der Waals surface area contributed by atoms with Crippen molar-refractivity contribution in [3.8, 4) is 0 Å². The average molecular weight is 502 g/mol. The first-order valence-corrected chi connectivity index (χ1v) is 14.2. The lowest BCUT2D eigenvalue weighted by Crippen LogP contribution is -2.17. The normalized spacial score (nSPS) is 11.9. The fourth-order valence-electron chi connectivity index (χ4n) is 3.28. The molecule has 0 fully saturated rings. The fourth-order valence-corrected chi connectivity index (χ4v) is 8.24. The van der Waals surface area contributed by atoms with Gasteiger partial charge in [-0.15, -0.1) is 11.3 Å². The number of hydrogen-bond donors (Lipinski definition) is 1. The first kappa shape index (κ1) is 23.0. The number of benzene rings is 3. The van der Waals surface area contributed by atoms with Crippen LogP contribution in [0, 0.1) is 0 Å². The molecule has 170 valence electrons. The van der Waals surface area contributed by atoms with Gasteiger partial charge in [0.1, 0.15) is 15.5 Å². The van der Waals surface area contributed by atoms with Crippen LogP contribution in [0.5, 0.6) is 0 Å². The van der Waals surface area contributed by atoms with Gasteiger partial charge in [-0.3, -0.25) is 0 Å². The van der Waals surface area contributed by atoms with E-state index < -0.39 is 28.6 Å². The van der Waals surface area contributed by atoms with E-state index in [0.29, 0.717) is 10.4 Å². The number of thiophene rings is 1. The molecule has 33 heavy (non-hydrogen) atoms. The smallest absolute Gasteiger partial charge is 0.341 e. The molecule has 7 nitrogen and oxygen atoms in total. The van der Waals surface area contributed by atoms with Gasteiger partial charge in [-0.25, -0.2) is 21.6 Å². The number of rotatable bonds is 7. The minimum atomic E-state index is -4.82. The van der Waals surface area contributed by atoms with E-state index in [2.05, 4.69) is 5.32 Å². The second-order valence-electron chi connectivity index (χ2n) is 6.87. The number of para-hydroxylation sites is 1. The monoisotopic (exact) mass is 501 g/mol. The van der Waals surface area contributed by atoms with Crippen molar-refractivity contribution in [2.24, 2.45) is 0 Å². The van der Waals surface area contributed by atoms with Gasteiger partial charge in [0.25, 0.3) is 17.7 Å². The summed E-state index contributed by atoms with van der Waals surface area (Å²) in [6.45, 7) is 1.86. The number of carbonyl (C=O) groups excluding carboxylic acids is 1. The Labute approximate surface area is 194 Å². The largest absolute Gasteiger partial charge is 0.462 e. The number of carbonyl (C=O) groups is 1. The summed E-state index contributed by atoms with van der Waals surface area (Å²) in [6, 6.07) is 19.9. The van der Waals surface area contributed by atoms with E-state index in [1.165, 1.54) is 53.8 Å². The molecule has 0 saturated heterocycles. The van der Waals surface area contributed by atoms with Gasteiger partial charge in [-0.1, -0.05) is 48.5 Å². The Hall–Kier alpha value is -3.21. The van der Waals surface area contributed by atoms with Gasteiger partial charge in [0.15, 0.2) is 0 Å². The van der Waals surface area contributed by atoms with Crippen LogP contribution < -0.4 is 5.32 Å². The van der Waals surface area contributed by atoms with Crippen molar-refractivity contribution in [1.29, 1.82) is 0 Å². The molecular formula is C23H19NO6S3. The number of anilines is 2. The van der Waals surface area contributed by atoms with E-state index in [1.807, 2.05) is 12.1 Å². The number of esters is 1. The summed E-state index contributed by atoms with van der Waals surface area (Å²) in [4.78, 5) is 11.9. The maximum Gasteiger partial charge on any atom is 0.341 e. The summed E-state index contributed by atoms with van der Waals surface area (Å²) >= 11 is 1.24. The van der Waals surface area contributed by atoms with Crippen LogP contribution in [-0.4, -0.2) is 29.4 Å². The summed E-state index contributed by atoms with van der Waals surface area (Å²) < 4.78 is 58.4. The molecule has 0 saturated carbocycles. The van der Waals surface area contributed by atoms with Crippen LogP contribution >= 0.6 is 11.3 Å². The molecule has 4 rings (SSSR count). The number of hydrogen-bond acceptors (Lipinski definition) is 8. The van der Waals surface area contributed by atoms with Gasteiger partial charge in [-0.2, -0.15) is 0 Å². The molecule has 0 aliphatic heterocycles. The molecule has 0 aliphatic rings. The molecule has 1 aromatic heterocycles. The van der Waals surface area contributed by atoms with Crippen molar-refractivity contribution in [3.63, 3.8) is 0 Å². The quantitative estimate of drug-likeness (QED) is 0.281. The van der Waals surface area contributed by atoms with Crippen molar-refractivity contribution >= 4 is 55.8 Å². The van der Waals surface area contributed by atoms with Crippen molar-refractivity contribution in [2.75, 3.05) is 11.9 Å². The van der Waals surface area contributed by atoms with Crippen LogP contribution in [0.15, 0.2) is 88.7 Å². The topological polar surface area (TPSA) is 107 Å². The molecule has 0 unspecified atom stereocenters. The zero-order valence-electron chi connectivity index (χ0n) is 17.4. The summed E-state index contributed by atoms with van der Waals surface area (Å²) in [7, 11) is -9.54. The molecule has 3 aromatic carbocycles. The minimum absolute atomic E-state index is 0.0362. The van der Waals surface area contributed by atoms with Gasteiger partial charge in [0.05, 0.1) is 17.2 Å². The SMILES string of the molecule is CCOC(=O)c1c(Nc2ccccc2S(=O)(=O)S(=O)(=O)c2ccccc2)sc2ccccc12. The number of nitrogens with one attached hydrogen (secondary N) is 1.